The molecule has 0 atom stereocenters. The SMILES string of the molecule is Cc1ccc(S(C)(=O)=O)cc1NC(=O)c1cc2ccccc2nc1N1CCCC1. The Kier molecular flexibility index (Phi) is 5.00. The Morgan fingerprint density at radius 2 is 1.79 bits per heavy atom. The summed E-state index contributed by atoms with van der Waals surface area (Å²) in [4.78, 5) is 20.3. The van der Waals surface area contributed by atoms with Gasteiger partial charge in [-0.25, -0.2) is 13.4 Å². The summed E-state index contributed by atoms with van der Waals surface area (Å²) in [6.45, 7) is 3.57. The van der Waals surface area contributed by atoms with Crippen molar-refractivity contribution in [1.29, 1.82) is 0 Å². The lowest BCUT2D eigenvalue weighted by Crippen LogP contribution is -2.24. The molecule has 2 heterocycles. The number of para-hydroxylation sites is 1. The van der Waals surface area contributed by atoms with Crippen LogP contribution in [0.2, 0.25) is 0 Å². The largest absolute Gasteiger partial charge is 0.356 e. The molecule has 6 nitrogen and oxygen atoms in total. The molecule has 0 saturated carbocycles. The highest BCUT2D eigenvalue weighted by Crippen LogP contribution is 2.28. The number of rotatable bonds is 4. The maximum absolute atomic E-state index is 13.2. The van der Waals surface area contributed by atoms with Gasteiger partial charge in [0, 0.05) is 30.4 Å². The Labute approximate surface area is 170 Å². The summed E-state index contributed by atoms with van der Waals surface area (Å²) in [5.41, 5.74) is 2.62. The Balaban J connectivity index is 1.76. The van der Waals surface area contributed by atoms with Gasteiger partial charge in [-0.15, -0.1) is 0 Å². The molecule has 1 amide bonds. The van der Waals surface area contributed by atoms with Crippen molar-refractivity contribution < 1.29 is 13.2 Å². The molecule has 0 aliphatic carbocycles. The van der Waals surface area contributed by atoms with Gasteiger partial charge in [0.1, 0.15) is 5.82 Å². The van der Waals surface area contributed by atoms with Crippen molar-refractivity contribution in [3.8, 4) is 0 Å². The molecule has 2 aromatic carbocycles. The highest BCUT2D eigenvalue weighted by molar-refractivity contribution is 7.90. The van der Waals surface area contributed by atoms with Crippen LogP contribution in [0.5, 0.6) is 0 Å². The highest BCUT2D eigenvalue weighted by Gasteiger charge is 2.23. The fourth-order valence-electron chi connectivity index (χ4n) is 3.60. The maximum Gasteiger partial charge on any atom is 0.259 e. The average molecular weight is 410 g/mol. The number of sulfone groups is 1. The van der Waals surface area contributed by atoms with Crippen LogP contribution < -0.4 is 10.2 Å². The summed E-state index contributed by atoms with van der Waals surface area (Å²) in [7, 11) is -3.36. The number of amides is 1. The lowest BCUT2D eigenvalue weighted by Gasteiger charge is -2.21. The van der Waals surface area contributed by atoms with E-state index >= 15 is 0 Å². The minimum atomic E-state index is -3.36. The van der Waals surface area contributed by atoms with E-state index in [-0.39, 0.29) is 10.8 Å². The second-order valence-corrected chi connectivity index (χ2v) is 9.47. The Hall–Kier alpha value is -2.93. The van der Waals surface area contributed by atoms with Crippen molar-refractivity contribution >= 4 is 38.2 Å². The van der Waals surface area contributed by atoms with Gasteiger partial charge >= 0.3 is 0 Å². The molecule has 4 rings (SSSR count). The third-order valence-electron chi connectivity index (χ3n) is 5.24. The van der Waals surface area contributed by atoms with Crippen molar-refractivity contribution in [3.63, 3.8) is 0 Å². The average Bonchev–Trinajstić information content (AvgIpc) is 3.22. The lowest BCUT2D eigenvalue weighted by atomic mass is 10.1. The molecule has 1 aliphatic rings. The van der Waals surface area contributed by atoms with Gasteiger partial charge in [-0.3, -0.25) is 4.79 Å². The number of fused-ring (bicyclic) bond motifs is 1. The van der Waals surface area contributed by atoms with Gasteiger partial charge in [0.15, 0.2) is 9.84 Å². The van der Waals surface area contributed by atoms with Crippen LogP contribution in [0.3, 0.4) is 0 Å². The van der Waals surface area contributed by atoms with Crippen LogP contribution in [-0.2, 0) is 9.84 Å². The van der Waals surface area contributed by atoms with E-state index in [1.807, 2.05) is 37.3 Å². The molecule has 0 unspecified atom stereocenters. The first-order chi connectivity index (χ1) is 13.8. The predicted octanol–water partition coefficient (Wildman–Crippen LogP) is 3.80. The molecule has 1 N–H and O–H groups in total. The molecule has 150 valence electrons. The number of aryl methyl sites for hydroxylation is 1. The molecule has 1 saturated heterocycles. The smallest absolute Gasteiger partial charge is 0.259 e. The van der Waals surface area contributed by atoms with Crippen molar-refractivity contribution in [2.75, 3.05) is 29.6 Å². The van der Waals surface area contributed by atoms with Crippen LogP contribution in [0.25, 0.3) is 10.9 Å². The summed E-state index contributed by atoms with van der Waals surface area (Å²) < 4.78 is 23.8. The minimum Gasteiger partial charge on any atom is -0.356 e. The summed E-state index contributed by atoms with van der Waals surface area (Å²) in [6, 6.07) is 14.3. The summed E-state index contributed by atoms with van der Waals surface area (Å²) in [5.74, 6) is 0.384. The number of carbonyl (C=O) groups excluding carboxylic acids is 1. The number of pyridine rings is 1. The van der Waals surface area contributed by atoms with Gasteiger partial charge in [-0.1, -0.05) is 24.3 Å². The number of hydrogen-bond acceptors (Lipinski definition) is 5. The van der Waals surface area contributed by atoms with E-state index in [1.165, 1.54) is 6.07 Å². The zero-order valence-electron chi connectivity index (χ0n) is 16.5. The van der Waals surface area contributed by atoms with Crippen molar-refractivity contribution in [2.24, 2.45) is 0 Å². The first kappa shape index (κ1) is 19.4. The van der Waals surface area contributed by atoms with Gasteiger partial charge in [-0.2, -0.15) is 0 Å². The van der Waals surface area contributed by atoms with E-state index in [0.29, 0.717) is 17.1 Å². The normalized spacial score (nSPS) is 14.3. The van der Waals surface area contributed by atoms with E-state index in [9.17, 15) is 13.2 Å². The Morgan fingerprint density at radius 1 is 1.07 bits per heavy atom. The zero-order chi connectivity index (χ0) is 20.6. The molecule has 7 heteroatoms. The quantitative estimate of drug-likeness (QED) is 0.709. The van der Waals surface area contributed by atoms with Crippen LogP contribution in [0.4, 0.5) is 11.5 Å². The molecule has 0 radical (unpaired) electrons. The molecule has 3 aromatic rings. The van der Waals surface area contributed by atoms with Gasteiger partial charge in [0.2, 0.25) is 0 Å². The Morgan fingerprint density at radius 3 is 2.52 bits per heavy atom. The van der Waals surface area contributed by atoms with E-state index in [4.69, 9.17) is 4.98 Å². The third-order valence-corrected chi connectivity index (χ3v) is 6.35. The van der Waals surface area contributed by atoms with E-state index in [0.717, 1.165) is 48.7 Å². The number of benzene rings is 2. The monoisotopic (exact) mass is 409 g/mol. The molecule has 0 bridgehead atoms. The molecular weight excluding hydrogens is 386 g/mol. The van der Waals surface area contributed by atoms with Crippen molar-refractivity contribution in [2.45, 2.75) is 24.7 Å². The second-order valence-electron chi connectivity index (χ2n) is 7.45. The summed E-state index contributed by atoms with van der Waals surface area (Å²) in [5, 5.41) is 3.79. The minimum absolute atomic E-state index is 0.176. The summed E-state index contributed by atoms with van der Waals surface area (Å²) in [6.07, 6.45) is 3.30. The lowest BCUT2D eigenvalue weighted by molar-refractivity contribution is 0.102. The van der Waals surface area contributed by atoms with E-state index < -0.39 is 9.84 Å². The van der Waals surface area contributed by atoms with E-state index in [2.05, 4.69) is 10.2 Å². The van der Waals surface area contributed by atoms with Gasteiger partial charge in [0.05, 0.1) is 16.0 Å². The first-order valence-corrected chi connectivity index (χ1v) is 11.5. The topological polar surface area (TPSA) is 79.4 Å². The van der Waals surface area contributed by atoms with Crippen molar-refractivity contribution in [3.05, 3.63) is 59.7 Å². The highest BCUT2D eigenvalue weighted by atomic mass is 32.2. The Bertz CT molecular complexity index is 1200. The molecule has 29 heavy (non-hydrogen) atoms. The number of nitrogens with one attached hydrogen (secondary N) is 1. The van der Waals surface area contributed by atoms with Gasteiger partial charge in [0.25, 0.3) is 5.91 Å². The fourth-order valence-corrected chi connectivity index (χ4v) is 4.25. The molecule has 1 aliphatic heterocycles. The third kappa shape index (κ3) is 3.96. The summed E-state index contributed by atoms with van der Waals surface area (Å²) >= 11 is 0. The van der Waals surface area contributed by atoms with E-state index in [1.54, 1.807) is 12.1 Å². The molecule has 0 spiro atoms. The van der Waals surface area contributed by atoms with Crippen LogP contribution >= 0.6 is 0 Å². The van der Waals surface area contributed by atoms with Gasteiger partial charge < -0.3 is 10.2 Å². The number of anilines is 2. The number of aromatic nitrogens is 1. The number of hydrogen-bond donors (Lipinski definition) is 1. The van der Waals surface area contributed by atoms with Crippen molar-refractivity contribution in [1.82, 2.24) is 4.98 Å². The van der Waals surface area contributed by atoms with Gasteiger partial charge in [-0.05, 0) is 49.6 Å². The second kappa shape index (κ2) is 7.48. The maximum atomic E-state index is 13.2. The zero-order valence-corrected chi connectivity index (χ0v) is 17.3. The fraction of sp³-hybridized carbons (Fsp3) is 0.273. The van der Waals surface area contributed by atoms with Crippen LogP contribution in [-0.4, -0.2) is 38.7 Å². The van der Waals surface area contributed by atoms with Crippen LogP contribution in [0, 0.1) is 6.92 Å². The number of carbonyl (C=O) groups is 1. The predicted molar refractivity (Wildman–Crippen MR) is 115 cm³/mol. The number of nitrogens with zero attached hydrogens (tertiary/aromatic N) is 2. The first-order valence-electron chi connectivity index (χ1n) is 9.60. The molecular formula is C22H23N3O3S. The molecule has 1 aromatic heterocycles. The standard InChI is InChI=1S/C22H23N3O3S/c1-15-9-10-17(29(2,27)28)14-20(15)24-22(26)18-13-16-7-3-4-8-19(16)23-21(18)25-11-5-6-12-25/h3-4,7-10,13-14H,5-6,11-12H2,1-2H3,(H,24,26). The molecule has 1 fully saturated rings. The van der Waals surface area contributed by atoms with Crippen LogP contribution in [0.1, 0.15) is 28.8 Å². The van der Waals surface area contributed by atoms with Crippen LogP contribution in [0.15, 0.2) is 53.4 Å².